The first kappa shape index (κ1) is 27.5. The molecule has 1 heterocycles. The normalized spacial score (nSPS) is 14.8. The third kappa shape index (κ3) is 7.96. The SMILES string of the molecule is CN(C)c1ccc(/C=C/C2=NC(=C/c3ccc(N(C)C)cc3)/C(=O)N2CCNC(=O)OC(C)(C)C)cc1. The maximum Gasteiger partial charge on any atom is 0.407 e. The average Bonchev–Trinajstić information content (AvgIpc) is 3.11. The Hall–Kier alpha value is -4.07. The summed E-state index contributed by atoms with van der Waals surface area (Å²) in [6.07, 6.45) is 5.01. The molecule has 0 spiro atoms. The summed E-state index contributed by atoms with van der Waals surface area (Å²) in [7, 11) is 7.95. The fraction of sp³-hybridized carbons (Fsp3) is 0.345. The summed E-state index contributed by atoms with van der Waals surface area (Å²) >= 11 is 0. The highest BCUT2D eigenvalue weighted by Gasteiger charge is 2.28. The first-order valence-electron chi connectivity index (χ1n) is 12.2. The Morgan fingerprint density at radius 1 is 0.919 bits per heavy atom. The second-order valence-electron chi connectivity index (χ2n) is 10.2. The quantitative estimate of drug-likeness (QED) is 0.531. The molecular weight excluding hydrogens is 466 g/mol. The number of alkyl carbamates (subject to hydrolysis) is 1. The highest BCUT2D eigenvalue weighted by atomic mass is 16.6. The molecule has 1 N–H and O–H groups in total. The van der Waals surface area contributed by atoms with Crippen LogP contribution in [0.2, 0.25) is 0 Å². The van der Waals surface area contributed by atoms with Crippen molar-refractivity contribution in [3.05, 3.63) is 71.4 Å². The van der Waals surface area contributed by atoms with Crippen LogP contribution in [0.1, 0.15) is 31.9 Å². The summed E-state index contributed by atoms with van der Waals surface area (Å²) in [5, 5.41) is 2.72. The molecule has 196 valence electrons. The van der Waals surface area contributed by atoms with Gasteiger partial charge in [-0.2, -0.15) is 0 Å². The van der Waals surface area contributed by atoms with Gasteiger partial charge in [-0.05, 0) is 68.3 Å². The number of benzene rings is 2. The summed E-state index contributed by atoms with van der Waals surface area (Å²) in [6, 6.07) is 16.0. The number of nitrogens with one attached hydrogen (secondary N) is 1. The van der Waals surface area contributed by atoms with Crippen LogP contribution < -0.4 is 15.1 Å². The molecule has 0 aromatic heterocycles. The van der Waals surface area contributed by atoms with E-state index in [0.29, 0.717) is 11.5 Å². The molecule has 8 heteroatoms. The number of nitrogens with zero attached hydrogens (tertiary/aromatic N) is 4. The van der Waals surface area contributed by atoms with Crippen LogP contribution in [0.5, 0.6) is 0 Å². The number of aliphatic imine (C=N–C) groups is 1. The minimum atomic E-state index is -0.594. The number of amidine groups is 1. The monoisotopic (exact) mass is 503 g/mol. The number of carbonyl (C=O) groups is 2. The Morgan fingerprint density at radius 2 is 1.46 bits per heavy atom. The number of carbonyl (C=O) groups excluding carboxylic acids is 2. The van der Waals surface area contributed by atoms with E-state index in [1.807, 2.05) is 98.7 Å². The topological polar surface area (TPSA) is 77.5 Å². The highest BCUT2D eigenvalue weighted by Crippen LogP contribution is 2.21. The van der Waals surface area contributed by atoms with Crippen molar-refractivity contribution in [1.82, 2.24) is 10.2 Å². The second kappa shape index (κ2) is 11.8. The van der Waals surface area contributed by atoms with Gasteiger partial charge in [-0.15, -0.1) is 0 Å². The number of rotatable bonds is 8. The van der Waals surface area contributed by atoms with Gasteiger partial charge in [0.2, 0.25) is 0 Å². The molecule has 0 atom stereocenters. The molecule has 2 aromatic carbocycles. The molecule has 0 unspecified atom stereocenters. The van der Waals surface area contributed by atoms with E-state index in [0.717, 1.165) is 22.5 Å². The molecule has 0 aliphatic carbocycles. The van der Waals surface area contributed by atoms with Gasteiger partial charge in [-0.1, -0.05) is 30.3 Å². The van der Waals surface area contributed by atoms with Gasteiger partial charge in [0.1, 0.15) is 17.1 Å². The lowest BCUT2D eigenvalue weighted by Crippen LogP contribution is -2.40. The third-order valence-electron chi connectivity index (χ3n) is 5.53. The van der Waals surface area contributed by atoms with E-state index in [9.17, 15) is 9.59 Å². The molecule has 0 radical (unpaired) electrons. The highest BCUT2D eigenvalue weighted by molar-refractivity contribution is 6.18. The average molecular weight is 504 g/mol. The van der Waals surface area contributed by atoms with Gasteiger partial charge >= 0.3 is 6.09 Å². The zero-order valence-corrected chi connectivity index (χ0v) is 22.8. The molecule has 3 rings (SSSR count). The lowest BCUT2D eigenvalue weighted by Gasteiger charge is -2.21. The van der Waals surface area contributed by atoms with Crippen LogP contribution in [0.4, 0.5) is 16.2 Å². The van der Waals surface area contributed by atoms with Crippen LogP contribution in [0.3, 0.4) is 0 Å². The second-order valence-corrected chi connectivity index (χ2v) is 10.2. The molecule has 37 heavy (non-hydrogen) atoms. The van der Waals surface area contributed by atoms with Crippen LogP contribution in [-0.2, 0) is 9.53 Å². The number of ether oxygens (including phenoxy) is 1. The van der Waals surface area contributed by atoms with Crippen LogP contribution >= 0.6 is 0 Å². The van der Waals surface area contributed by atoms with Crippen molar-refractivity contribution in [2.75, 3.05) is 51.1 Å². The lowest BCUT2D eigenvalue weighted by atomic mass is 10.1. The minimum Gasteiger partial charge on any atom is -0.444 e. The summed E-state index contributed by atoms with van der Waals surface area (Å²) in [4.78, 5) is 35.6. The fourth-order valence-electron chi connectivity index (χ4n) is 3.58. The number of anilines is 2. The van der Waals surface area contributed by atoms with Crippen molar-refractivity contribution < 1.29 is 14.3 Å². The largest absolute Gasteiger partial charge is 0.444 e. The van der Waals surface area contributed by atoms with Gasteiger partial charge < -0.3 is 19.9 Å². The van der Waals surface area contributed by atoms with Gasteiger partial charge in [0.15, 0.2) is 0 Å². The van der Waals surface area contributed by atoms with E-state index in [1.54, 1.807) is 31.7 Å². The van der Waals surface area contributed by atoms with E-state index >= 15 is 0 Å². The molecule has 0 fully saturated rings. The van der Waals surface area contributed by atoms with Crippen molar-refractivity contribution in [3.8, 4) is 0 Å². The van der Waals surface area contributed by atoms with Gasteiger partial charge in [-0.3, -0.25) is 9.69 Å². The van der Waals surface area contributed by atoms with Gasteiger partial charge in [-0.25, -0.2) is 9.79 Å². The Labute approximate surface area is 219 Å². The Kier molecular flexibility index (Phi) is 8.76. The van der Waals surface area contributed by atoms with Gasteiger partial charge in [0, 0.05) is 52.7 Å². The van der Waals surface area contributed by atoms with Gasteiger partial charge in [0.05, 0.1) is 0 Å². The molecule has 8 nitrogen and oxygen atoms in total. The summed E-state index contributed by atoms with van der Waals surface area (Å²) in [5.74, 6) is 0.300. The van der Waals surface area contributed by atoms with Crippen molar-refractivity contribution >= 4 is 41.4 Å². The first-order valence-corrected chi connectivity index (χ1v) is 12.2. The van der Waals surface area contributed by atoms with E-state index in [-0.39, 0.29) is 19.0 Å². The standard InChI is InChI=1S/C29H37N5O3/c1-29(2,3)37-28(36)30-18-19-34-26(17-12-21-8-13-23(14-9-21)32(4)5)31-25(27(34)35)20-22-10-15-24(16-11-22)33(6)7/h8-17,20H,18-19H2,1-7H3,(H,30,36)/b17-12+,25-20+. The molecule has 2 amide bonds. The third-order valence-corrected chi connectivity index (χ3v) is 5.53. The number of hydrogen-bond donors (Lipinski definition) is 1. The van der Waals surface area contributed by atoms with Crippen molar-refractivity contribution in [2.45, 2.75) is 26.4 Å². The predicted molar refractivity (Wildman–Crippen MR) is 152 cm³/mol. The predicted octanol–water partition coefficient (Wildman–Crippen LogP) is 4.64. The van der Waals surface area contributed by atoms with E-state index < -0.39 is 11.7 Å². The lowest BCUT2D eigenvalue weighted by molar-refractivity contribution is -0.122. The van der Waals surface area contributed by atoms with Crippen molar-refractivity contribution in [1.29, 1.82) is 0 Å². The van der Waals surface area contributed by atoms with Gasteiger partial charge in [0.25, 0.3) is 5.91 Å². The fourth-order valence-corrected chi connectivity index (χ4v) is 3.58. The maximum atomic E-state index is 13.3. The van der Waals surface area contributed by atoms with Crippen LogP contribution in [0.15, 0.2) is 65.3 Å². The first-order chi connectivity index (χ1) is 17.4. The molecule has 0 saturated heterocycles. The maximum absolute atomic E-state index is 13.3. The Morgan fingerprint density at radius 3 is 1.97 bits per heavy atom. The van der Waals surface area contributed by atoms with E-state index in [4.69, 9.17) is 4.74 Å². The zero-order valence-electron chi connectivity index (χ0n) is 22.8. The van der Waals surface area contributed by atoms with Crippen LogP contribution in [0, 0.1) is 0 Å². The Balaban J connectivity index is 1.81. The van der Waals surface area contributed by atoms with Crippen molar-refractivity contribution in [2.24, 2.45) is 4.99 Å². The molecular formula is C29H37N5O3. The Bertz CT molecular complexity index is 1190. The van der Waals surface area contributed by atoms with Crippen LogP contribution in [0.25, 0.3) is 12.2 Å². The van der Waals surface area contributed by atoms with Crippen molar-refractivity contribution in [3.63, 3.8) is 0 Å². The minimum absolute atomic E-state index is 0.217. The molecule has 1 aliphatic rings. The molecule has 2 aromatic rings. The zero-order chi connectivity index (χ0) is 27.2. The molecule has 0 saturated carbocycles. The van der Waals surface area contributed by atoms with E-state index in [1.165, 1.54) is 0 Å². The molecule has 1 aliphatic heterocycles. The summed E-state index contributed by atoms with van der Waals surface area (Å²) in [5.41, 5.74) is 3.80. The van der Waals surface area contributed by atoms with Crippen LogP contribution in [-0.4, -0.2) is 69.6 Å². The molecule has 0 bridgehead atoms. The number of amides is 2. The summed E-state index contributed by atoms with van der Waals surface area (Å²) in [6.45, 7) is 5.91. The van der Waals surface area contributed by atoms with E-state index in [2.05, 4.69) is 10.3 Å². The number of hydrogen-bond acceptors (Lipinski definition) is 6. The smallest absolute Gasteiger partial charge is 0.407 e. The summed E-state index contributed by atoms with van der Waals surface area (Å²) < 4.78 is 5.30.